The molecule has 0 amide bonds. The highest BCUT2D eigenvalue weighted by Crippen LogP contribution is 2.25. The standard InChI is InChI=1S/C19H21Cl2NO3/c1-12(13-3-5-14(6-4-13)19(24)25-2)10-22-11-18(23)15-7-8-16(20)17(21)9-15/h3-9,12,18,22-23H,10-11H2,1-2H3. The third kappa shape index (κ3) is 5.44. The Bertz CT molecular complexity index is 719. The maximum Gasteiger partial charge on any atom is 0.337 e. The first-order valence-electron chi connectivity index (χ1n) is 7.94. The van der Waals surface area contributed by atoms with Crippen molar-refractivity contribution in [2.75, 3.05) is 20.2 Å². The van der Waals surface area contributed by atoms with Gasteiger partial charge in [0.15, 0.2) is 0 Å². The molecule has 4 nitrogen and oxygen atoms in total. The van der Waals surface area contributed by atoms with Gasteiger partial charge < -0.3 is 15.2 Å². The van der Waals surface area contributed by atoms with Gasteiger partial charge in [0.05, 0.1) is 28.8 Å². The largest absolute Gasteiger partial charge is 0.465 e. The van der Waals surface area contributed by atoms with Crippen LogP contribution in [0.15, 0.2) is 42.5 Å². The van der Waals surface area contributed by atoms with Gasteiger partial charge in [-0.25, -0.2) is 4.79 Å². The molecule has 0 spiro atoms. The van der Waals surface area contributed by atoms with Crippen LogP contribution in [-0.4, -0.2) is 31.3 Å². The highest BCUT2D eigenvalue weighted by Gasteiger charge is 2.12. The van der Waals surface area contributed by atoms with E-state index in [1.165, 1.54) is 7.11 Å². The Morgan fingerprint density at radius 1 is 1.08 bits per heavy atom. The van der Waals surface area contributed by atoms with Crippen molar-refractivity contribution in [3.05, 3.63) is 69.2 Å². The number of halogens is 2. The smallest absolute Gasteiger partial charge is 0.337 e. The first-order valence-corrected chi connectivity index (χ1v) is 8.70. The summed E-state index contributed by atoms with van der Waals surface area (Å²) >= 11 is 11.9. The van der Waals surface area contributed by atoms with Gasteiger partial charge >= 0.3 is 5.97 Å². The van der Waals surface area contributed by atoms with E-state index in [2.05, 4.69) is 17.0 Å². The molecule has 2 aromatic rings. The summed E-state index contributed by atoms with van der Waals surface area (Å²) in [6.07, 6.45) is -0.663. The van der Waals surface area contributed by atoms with Crippen LogP contribution in [0.4, 0.5) is 0 Å². The second kappa shape index (κ2) is 9.20. The molecule has 0 aliphatic heterocycles. The molecular weight excluding hydrogens is 361 g/mol. The fourth-order valence-electron chi connectivity index (χ4n) is 2.46. The van der Waals surface area contributed by atoms with Gasteiger partial charge in [-0.15, -0.1) is 0 Å². The van der Waals surface area contributed by atoms with Crippen molar-refractivity contribution in [2.45, 2.75) is 18.9 Å². The Morgan fingerprint density at radius 2 is 1.72 bits per heavy atom. The van der Waals surface area contributed by atoms with Crippen LogP contribution in [0.2, 0.25) is 10.0 Å². The molecule has 0 aliphatic carbocycles. The maximum atomic E-state index is 11.4. The van der Waals surface area contributed by atoms with Crippen LogP contribution >= 0.6 is 23.2 Å². The molecule has 2 rings (SSSR count). The molecule has 2 N–H and O–H groups in total. The van der Waals surface area contributed by atoms with E-state index >= 15 is 0 Å². The van der Waals surface area contributed by atoms with E-state index in [0.717, 1.165) is 11.1 Å². The minimum absolute atomic E-state index is 0.229. The summed E-state index contributed by atoms with van der Waals surface area (Å²) in [5.74, 6) is -0.116. The van der Waals surface area contributed by atoms with Gasteiger partial charge in [0, 0.05) is 13.1 Å². The third-order valence-corrected chi connectivity index (χ3v) is 4.76. The van der Waals surface area contributed by atoms with Crippen molar-refractivity contribution in [2.24, 2.45) is 0 Å². The normalized spacial score (nSPS) is 13.3. The zero-order valence-electron chi connectivity index (χ0n) is 14.1. The van der Waals surface area contributed by atoms with Crippen molar-refractivity contribution in [3.63, 3.8) is 0 Å². The highest BCUT2D eigenvalue weighted by molar-refractivity contribution is 6.42. The van der Waals surface area contributed by atoms with Gasteiger partial charge in [0.1, 0.15) is 0 Å². The summed E-state index contributed by atoms with van der Waals surface area (Å²) in [6.45, 7) is 3.17. The van der Waals surface area contributed by atoms with Crippen molar-refractivity contribution in [1.82, 2.24) is 5.32 Å². The Hall–Kier alpha value is -1.59. The summed E-state index contributed by atoms with van der Waals surface area (Å²) in [4.78, 5) is 11.4. The molecule has 0 saturated carbocycles. The summed E-state index contributed by atoms with van der Waals surface area (Å²) < 4.78 is 4.69. The number of aliphatic hydroxyl groups excluding tert-OH is 1. The molecule has 0 bridgehead atoms. The van der Waals surface area contributed by atoms with Crippen LogP contribution in [0.1, 0.15) is 40.4 Å². The number of nitrogens with one attached hydrogen (secondary N) is 1. The van der Waals surface area contributed by atoms with E-state index in [1.54, 1.807) is 30.3 Å². The van der Waals surface area contributed by atoms with Crippen LogP contribution in [0.3, 0.4) is 0 Å². The van der Waals surface area contributed by atoms with Crippen LogP contribution in [0, 0.1) is 0 Å². The quantitative estimate of drug-likeness (QED) is 0.705. The summed E-state index contributed by atoms with van der Waals surface area (Å²) in [7, 11) is 1.36. The van der Waals surface area contributed by atoms with Crippen LogP contribution in [-0.2, 0) is 4.74 Å². The third-order valence-electron chi connectivity index (χ3n) is 4.02. The Labute approximate surface area is 157 Å². The topological polar surface area (TPSA) is 58.6 Å². The molecule has 25 heavy (non-hydrogen) atoms. The average Bonchev–Trinajstić information content (AvgIpc) is 2.63. The fraction of sp³-hybridized carbons (Fsp3) is 0.316. The van der Waals surface area contributed by atoms with Gasteiger partial charge in [0.2, 0.25) is 0 Å². The van der Waals surface area contributed by atoms with Gasteiger partial charge in [-0.1, -0.05) is 48.3 Å². The first-order chi connectivity index (χ1) is 11.9. The Balaban J connectivity index is 1.86. The lowest BCUT2D eigenvalue weighted by atomic mass is 9.99. The van der Waals surface area contributed by atoms with Crippen LogP contribution in [0.25, 0.3) is 0 Å². The second-order valence-corrected chi connectivity index (χ2v) is 6.68. The number of aliphatic hydroxyl groups is 1. The minimum atomic E-state index is -0.663. The van der Waals surface area contributed by atoms with Crippen molar-refractivity contribution < 1.29 is 14.6 Å². The number of carbonyl (C=O) groups is 1. The van der Waals surface area contributed by atoms with E-state index < -0.39 is 6.10 Å². The summed E-state index contributed by atoms with van der Waals surface area (Å²) in [5.41, 5.74) is 2.35. The van der Waals surface area contributed by atoms with E-state index in [0.29, 0.717) is 28.7 Å². The van der Waals surface area contributed by atoms with Gasteiger partial charge in [-0.05, 0) is 41.3 Å². The Morgan fingerprint density at radius 3 is 2.32 bits per heavy atom. The minimum Gasteiger partial charge on any atom is -0.465 e. The fourth-order valence-corrected chi connectivity index (χ4v) is 2.76. The van der Waals surface area contributed by atoms with Gasteiger partial charge in [-0.3, -0.25) is 0 Å². The summed E-state index contributed by atoms with van der Waals surface area (Å²) in [5, 5.41) is 14.4. The number of esters is 1. The number of methoxy groups -OCH3 is 1. The van der Waals surface area contributed by atoms with Gasteiger partial charge in [-0.2, -0.15) is 0 Å². The van der Waals surface area contributed by atoms with Crippen molar-refractivity contribution in [3.8, 4) is 0 Å². The lowest BCUT2D eigenvalue weighted by Gasteiger charge is -2.16. The predicted molar refractivity (Wildman–Crippen MR) is 100 cm³/mol. The number of rotatable bonds is 7. The first kappa shape index (κ1) is 19.7. The SMILES string of the molecule is COC(=O)c1ccc(C(C)CNCC(O)c2ccc(Cl)c(Cl)c2)cc1. The highest BCUT2D eigenvalue weighted by atomic mass is 35.5. The zero-order valence-corrected chi connectivity index (χ0v) is 15.6. The summed E-state index contributed by atoms with van der Waals surface area (Å²) in [6, 6.07) is 12.4. The Kier molecular flexibility index (Phi) is 7.26. The number of benzene rings is 2. The molecule has 0 fully saturated rings. The lowest BCUT2D eigenvalue weighted by Crippen LogP contribution is -2.25. The molecular formula is C19H21Cl2NO3. The van der Waals surface area contributed by atoms with E-state index in [1.807, 2.05) is 12.1 Å². The number of hydrogen-bond acceptors (Lipinski definition) is 4. The van der Waals surface area contributed by atoms with Crippen molar-refractivity contribution in [1.29, 1.82) is 0 Å². The van der Waals surface area contributed by atoms with Crippen LogP contribution < -0.4 is 5.32 Å². The molecule has 2 atom stereocenters. The van der Waals surface area contributed by atoms with Crippen molar-refractivity contribution >= 4 is 29.2 Å². The molecule has 2 unspecified atom stereocenters. The number of ether oxygens (including phenoxy) is 1. The van der Waals surface area contributed by atoms with Crippen LogP contribution in [0.5, 0.6) is 0 Å². The lowest BCUT2D eigenvalue weighted by molar-refractivity contribution is 0.0600. The average molecular weight is 382 g/mol. The van der Waals surface area contributed by atoms with Gasteiger partial charge in [0.25, 0.3) is 0 Å². The second-order valence-electron chi connectivity index (χ2n) is 5.86. The monoisotopic (exact) mass is 381 g/mol. The number of hydrogen-bond donors (Lipinski definition) is 2. The molecule has 134 valence electrons. The van der Waals surface area contributed by atoms with E-state index in [4.69, 9.17) is 23.2 Å². The van der Waals surface area contributed by atoms with E-state index in [-0.39, 0.29) is 11.9 Å². The molecule has 0 radical (unpaired) electrons. The molecule has 0 heterocycles. The number of carbonyl (C=O) groups excluding carboxylic acids is 1. The zero-order chi connectivity index (χ0) is 18.4. The predicted octanol–water partition coefficient (Wildman–Crippen LogP) is 4.21. The molecule has 6 heteroatoms. The van der Waals surface area contributed by atoms with E-state index in [9.17, 15) is 9.90 Å². The molecule has 0 saturated heterocycles. The molecule has 0 aromatic heterocycles. The maximum absolute atomic E-state index is 11.4. The molecule has 0 aliphatic rings. The molecule has 2 aromatic carbocycles.